The molecular weight excluding hydrogens is 460 g/mol. The van der Waals surface area contributed by atoms with Gasteiger partial charge in [-0.2, -0.15) is 9.97 Å². The molecule has 0 saturated carbocycles. The summed E-state index contributed by atoms with van der Waals surface area (Å²) >= 11 is 0. The van der Waals surface area contributed by atoms with Crippen molar-refractivity contribution >= 4 is 28.7 Å². The van der Waals surface area contributed by atoms with Crippen LogP contribution in [0.2, 0.25) is 0 Å². The Morgan fingerprint density at radius 3 is 1.89 bits per heavy atom. The number of morpholine rings is 2. The number of hydrogen-bond donors (Lipinski definition) is 2. The first-order valence-electron chi connectivity index (χ1n) is 13.2. The molecule has 12 nitrogen and oxygen atoms in total. The van der Waals surface area contributed by atoms with Crippen LogP contribution in [0.5, 0.6) is 0 Å². The maximum atomic E-state index is 5.48. The number of likely N-dealkylation sites (N-methyl/N-ethyl adjacent to an activating group) is 1. The molecule has 3 saturated heterocycles. The van der Waals surface area contributed by atoms with E-state index < -0.39 is 0 Å². The highest BCUT2D eigenvalue weighted by Crippen LogP contribution is 2.24. The van der Waals surface area contributed by atoms with Crippen LogP contribution in [-0.2, 0) is 9.47 Å². The van der Waals surface area contributed by atoms with Gasteiger partial charge in [0.15, 0.2) is 17.0 Å². The first-order valence-corrected chi connectivity index (χ1v) is 13.2. The molecule has 2 N–H and O–H groups in total. The van der Waals surface area contributed by atoms with E-state index in [-0.39, 0.29) is 0 Å². The predicted molar refractivity (Wildman–Crippen MR) is 141 cm³/mol. The maximum Gasteiger partial charge on any atom is 0.229 e. The molecule has 12 heteroatoms. The molecule has 5 heterocycles. The summed E-state index contributed by atoms with van der Waals surface area (Å²) in [6, 6.07) is 0. The molecule has 0 spiro atoms. The largest absolute Gasteiger partial charge is 0.379 e. The minimum Gasteiger partial charge on any atom is -0.379 e. The van der Waals surface area contributed by atoms with Crippen molar-refractivity contribution in [1.82, 2.24) is 34.6 Å². The van der Waals surface area contributed by atoms with Gasteiger partial charge in [-0.1, -0.05) is 0 Å². The Morgan fingerprint density at radius 1 is 0.694 bits per heavy atom. The molecule has 198 valence electrons. The predicted octanol–water partition coefficient (Wildman–Crippen LogP) is -0.0318. The topological polar surface area (TPSA) is 107 Å². The van der Waals surface area contributed by atoms with E-state index in [1.165, 1.54) is 0 Å². The van der Waals surface area contributed by atoms with Gasteiger partial charge in [0.2, 0.25) is 5.95 Å². The van der Waals surface area contributed by atoms with Crippen LogP contribution >= 0.6 is 0 Å². The molecule has 3 fully saturated rings. The summed E-state index contributed by atoms with van der Waals surface area (Å²) < 4.78 is 10.9. The maximum absolute atomic E-state index is 5.48. The third-order valence-electron chi connectivity index (χ3n) is 7.13. The number of hydrogen-bond acceptors (Lipinski definition) is 12. The fourth-order valence-electron chi connectivity index (χ4n) is 4.77. The standard InChI is InChI=1S/C24H40N10O2/c1-19-21(25-3-5-32-11-15-35-16-12-32)28-23-20(27-19)22(26-4-6-33-13-17-36-18-14-33)29-24(30-23)34-9-7-31(2)8-10-34/h3-18H2,1-2H3,(H2,25,26,28,29,30). The van der Waals surface area contributed by atoms with Crippen LogP contribution in [0, 0.1) is 6.92 Å². The second-order valence-electron chi connectivity index (χ2n) is 9.75. The first kappa shape index (κ1) is 25.3. The van der Waals surface area contributed by atoms with Gasteiger partial charge < -0.3 is 29.9 Å². The van der Waals surface area contributed by atoms with Crippen molar-refractivity contribution in [2.75, 3.05) is 128 Å². The van der Waals surface area contributed by atoms with Crippen LogP contribution in [0.4, 0.5) is 17.6 Å². The number of aromatic nitrogens is 4. The van der Waals surface area contributed by atoms with Crippen LogP contribution in [-0.4, -0.2) is 147 Å². The summed E-state index contributed by atoms with van der Waals surface area (Å²) in [7, 11) is 2.15. The Bertz CT molecular complexity index is 989. The lowest BCUT2D eigenvalue weighted by Crippen LogP contribution is -2.45. The van der Waals surface area contributed by atoms with Crippen molar-refractivity contribution in [2.45, 2.75) is 6.92 Å². The third kappa shape index (κ3) is 6.48. The molecule has 0 aliphatic carbocycles. The van der Waals surface area contributed by atoms with Crippen molar-refractivity contribution in [2.24, 2.45) is 0 Å². The molecule has 36 heavy (non-hydrogen) atoms. The van der Waals surface area contributed by atoms with Crippen molar-refractivity contribution in [3.8, 4) is 0 Å². The first-order chi connectivity index (χ1) is 17.7. The molecule has 0 radical (unpaired) electrons. The summed E-state index contributed by atoms with van der Waals surface area (Å²) in [6.45, 7) is 16.4. The number of rotatable bonds is 9. The summed E-state index contributed by atoms with van der Waals surface area (Å²) in [6.07, 6.45) is 0. The van der Waals surface area contributed by atoms with E-state index in [9.17, 15) is 0 Å². The normalized spacial score (nSPS) is 20.7. The van der Waals surface area contributed by atoms with E-state index in [1.807, 2.05) is 6.92 Å². The molecule has 0 amide bonds. The molecule has 2 aromatic heterocycles. The lowest BCUT2D eigenvalue weighted by Gasteiger charge is -2.32. The van der Waals surface area contributed by atoms with E-state index in [0.29, 0.717) is 5.65 Å². The lowest BCUT2D eigenvalue weighted by molar-refractivity contribution is 0.0398. The fourth-order valence-corrected chi connectivity index (χ4v) is 4.77. The number of fused-ring (bicyclic) bond motifs is 1. The molecule has 0 bridgehead atoms. The zero-order valence-electron chi connectivity index (χ0n) is 21.7. The average molecular weight is 501 g/mol. The summed E-state index contributed by atoms with van der Waals surface area (Å²) in [5.41, 5.74) is 2.22. The van der Waals surface area contributed by atoms with Crippen LogP contribution < -0.4 is 15.5 Å². The van der Waals surface area contributed by atoms with Crippen molar-refractivity contribution in [3.05, 3.63) is 5.69 Å². The molecule has 2 aromatic rings. The second-order valence-corrected chi connectivity index (χ2v) is 9.75. The molecule has 3 aliphatic rings. The smallest absolute Gasteiger partial charge is 0.229 e. The van der Waals surface area contributed by atoms with Gasteiger partial charge in [0.1, 0.15) is 5.82 Å². The highest BCUT2D eigenvalue weighted by atomic mass is 16.5. The highest BCUT2D eigenvalue weighted by molar-refractivity contribution is 5.85. The van der Waals surface area contributed by atoms with Gasteiger partial charge in [-0.05, 0) is 14.0 Å². The molecule has 0 unspecified atom stereocenters. The van der Waals surface area contributed by atoms with E-state index in [4.69, 9.17) is 29.4 Å². The third-order valence-corrected chi connectivity index (χ3v) is 7.13. The Kier molecular flexibility index (Phi) is 8.59. The van der Waals surface area contributed by atoms with Gasteiger partial charge in [0.25, 0.3) is 0 Å². The minimum absolute atomic E-state index is 0.632. The number of ether oxygens (including phenoxy) is 2. The van der Waals surface area contributed by atoms with Gasteiger partial charge in [-0.15, -0.1) is 0 Å². The number of anilines is 3. The minimum atomic E-state index is 0.632. The van der Waals surface area contributed by atoms with Gasteiger partial charge in [-0.25, -0.2) is 9.97 Å². The van der Waals surface area contributed by atoms with Gasteiger partial charge in [0, 0.05) is 78.5 Å². The Morgan fingerprint density at radius 2 is 1.28 bits per heavy atom. The Hall–Kier alpha value is -2.38. The van der Waals surface area contributed by atoms with Crippen molar-refractivity contribution in [3.63, 3.8) is 0 Å². The SMILES string of the molecule is Cc1nc2c(NCCN3CCOCC3)nc(N3CCN(C)CC3)nc2nc1NCCN1CCOCC1. The Labute approximate surface area is 213 Å². The molecule has 3 aliphatic heterocycles. The lowest BCUT2D eigenvalue weighted by atomic mass is 10.3. The van der Waals surface area contributed by atoms with Crippen molar-refractivity contribution < 1.29 is 9.47 Å². The summed E-state index contributed by atoms with van der Waals surface area (Å²) in [4.78, 5) is 29.0. The van der Waals surface area contributed by atoms with E-state index >= 15 is 0 Å². The van der Waals surface area contributed by atoms with E-state index in [2.05, 4.69) is 37.3 Å². The van der Waals surface area contributed by atoms with Gasteiger partial charge >= 0.3 is 0 Å². The van der Waals surface area contributed by atoms with Crippen LogP contribution in [0.25, 0.3) is 11.2 Å². The molecule has 5 rings (SSSR count). The highest BCUT2D eigenvalue weighted by Gasteiger charge is 2.21. The monoisotopic (exact) mass is 500 g/mol. The van der Waals surface area contributed by atoms with Gasteiger partial charge in [-0.3, -0.25) is 9.80 Å². The second kappa shape index (κ2) is 12.2. The van der Waals surface area contributed by atoms with Gasteiger partial charge in [0.05, 0.1) is 32.1 Å². The Balaban J connectivity index is 1.33. The quantitative estimate of drug-likeness (QED) is 0.483. The van der Waals surface area contributed by atoms with Crippen LogP contribution in [0.15, 0.2) is 0 Å². The number of nitrogens with one attached hydrogen (secondary N) is 2. The van der Waals surface area contributed by atoms with Crippen LogP contribution in [0.1, 0.15) is 5.69 Å². The average Bonchev–Trinajstić information content (AvgIpc) is 2.91. The number of piperazine rings is 1. The fraction of sp³-hybridized carbons (Fsp3) is 0.750. The molecule has 0 atom stereocenters. The van der Waals surface area contributed by atoms with Crippen LogP contribution in [0.3, 0.4) is 0 Å². The number of aryl methyl sites for hydroxylation is 1. The number of nitrogens with zero attached hydrogens (tertiary/aromatic N) is 8. The van der Waals surface area contributed by atoms with Crippen molar-refractivity contribution in [1.29, 1.82) is 0 Å². The van der Waals surface area contributed by atoms with E-state index in [0.717, 1.165) is 134 Å². The molecular formula is C24H40N10O2. The summed E-state index contributed by atoms with van der Waals surface area (Å²) in [5, 5.41) is 7.03. The summed E-state index contributed by atoms with van der Waals surface area (Å²) in [5.74, 6) is 2.28. The zero-order chi connectivity index (χ0) is 24.7. The van der Waals surface area contributed by atoms with E-state index in [1.54, 1.807) is 0 Å². The molecule has 0 aromatic carbocycles. The zero-order valence-corrected chi connectivity index (χ0v) is 21.7.